The van der Waals surface area contributed by atoms with Crippen molar-refractivity contribution in [1.29, 1.82) is 0 Å². The van der Waals surface area contributed by atoms with Crippen LogP contribution in [0.25, 0.3) is 5.65 Å². The molecule has 30 heavy (non-hydrogen) atoms. The summed E-state index contributed by atoms with van der Waals surface area (Å²) in [6.45, 7) is 0.520. The van der Waals surface area contributed by atoms with Crippen LogP contribution < -0.4 is 5.32 Å². The van der Waals surface area contributed by atoms with E-state index in [1.165, 1.54) is 6.07 Å². The summed E-state index contributed by atoms with van der Waals surface area (Å²) < 4.78 is 16.5. The molecular weight excluding hydrogens is 401 g/mol. The third kappa shape index (κ3) is 4.52. The third-order valence-corrected chi connectivity index (χ3v) is 5.33. The zero-order chi connectivity index (χ0) is 20.9. The number of benzene rings is 2. The van der Waals surface area contributed by atoms with Crippen LogP contribution in [0.2, 0.25) is 5.02 Å². The molecule has 1 amide bonds. The van der Waals surface area contributed by atoms with Gasteiger partial charge in [0, 0.05) is 31.3 Å². The van der Waals surface area contributed by atoms with E-state index >= 15 is 0 Å². The first kappa shape index (κ1) is 20.1. The van der Waals surface area contributed by atoms with Crippen molar-refractivity contribution in [3.05, 3.63) is 107 Å². The molecule has 2 heterocycles. The minimum atomic E-state index is -0.489. The average molecular weight is 422 g/mol. The SMILES string of the molecule is O=C(CC(c1ccccc1F)c1cnc2ccc(Cl)cn12)NCCc1ccccc1. The zero-order valence-electron chi connectivity index (χ0n) is 16.3. The maximum atomic E-state index is 14.6. The lowest BCUT2D eigenvalue weighted by Gasteiger charge is -2.18. The highest BCUT2D eigenvalue weighted by Gasteiger charge is 2.24. The fraction of sp³-hybridized carbons (Fsp3) is 0.167. The Morgan fingerprint density at radius 2 is 1.83 bits per heavy atom. The van der Waals surface area contributed by atoms with Crippen LogP contribution in [0.15, 0.2) is 79.1 Å². The van der Waals surface area contributed by atoms with Gasteiger partial charge in [-0.2, -0.15) is 0 Å². The molecule has 4 rings (SSSR count). The summed E-state index contributed by atoms with van der Waals surface area (Å²) in [7, 11) is 0. The molecule has 0 spiro atoms. The minimum Gasteiger partial charge on any atom is -0.356 e. The number of halogens is 2. The number of hydrogen-bond donors (Lipinski definition) is 1. The van der Waals surface area contributed by atoms with Crippen molar-refractivity contribution >= 4 is 23.2 Å². The van der Waals surface area contributed by atoms with Crippen molar-refractivity contribution in [2.45, 2.75) is 18.8 Å². The van der Waals surface area contributed by atoms with Crippen molar-refractivity contribution in [3.63, 3.8) is 0 Å². The van der Waals surface area contributed by atoms with E-state index in [-0.39, 0.29) is 18.1 Å². The van der Waals surface area contributed by atoms with Gasteiger partial charge in [-0.15, -0.1) is 0 Å². The van der Waals surface area contributed by atoms with Gasteiger partial charge < -0.3 is 9.72 Å². The Labute approximate surface area is 179 Å². The van der Waals surface area contributed by atoms with E-state index < -0.39 is 5.92 Å². The normalized spacial score (nSPS) is 12.1. The quantitative estimate of drug-likeness (QED) is 0.456. The van der Waals surface area contributed by atoms with Crippen LogP contribution in [0, 0.1) is 5.82 Å². The number of fused-ring (bicyclic) bond motifs is 1. The van der Waals surface area contributed by atoms with Gasteiger partial charge in [0.1, 0.15) is 11.5 Å². The van der Waals surface area contributed by atoms with Crippen LogP contribution in [0.3, 0.4) is 0 Å². The summed E-state index contributed by atoms with van der Waals surface area (Å²) in [5.74, 6) is -0.982. The molecule has 6 heteroatoms. The van der Waals surface area contributed by atoms with Crippen molar-refractivity contribution < 1.29 is 9.18 Å². The van der Waals surface area contributed by atoms with Crippen LogP contribution in [0.4, 0.5) is 4.39 Å². The van der Waals surface area contributed by atoms with Crippen molar-refractivity contribution in [2.75, 3.05) is 6.54 Å². The Hall–Kier alpha value is -3.18. The molecule has 152 valence electrons. The van der Waals surface area contributed by atoms with E-state index in [0.717, 1.165) is 17.7 Å². The first-order valence-corrected chi connectivity index (χ1v) is 10.2. The lowest BCUT2D eigenvalue weighted by molar-refractivity contribution is -0.121. The van der Waals surface area contributed by atoms with E-state index in [2.05, 4.69) is 10.3 Å². The molecule has 4 nitrogen and oxygen atoms in total. The molecular formula is C24H21ClFN3O. The largest absolute Gasteiger partial charge is 0.356 e. The zero-order valence-corrected chi connectivity index (χ0v) is 17.0. The predicted octanol–water partition coefficient (Wildman–Crippen LogP) is 5.01. The second-order valence-electron chi connectivity index (χ2n) is 7.12. The van der Waals surface area contributed by atoms with E-state index in [1.807, 2.05) is 34.7 Å². The van der Waals surface area contributed by atoms with Gasteiger partial charge in [0.15, 0.2) is 0 Å². The Kier molecular flexibility index (Phi) is 6.10. The molecule has 0 radical (unpaired) electrons. The highest BCUT2D eigenvalue weighted by molar-refractivity contribution is 6.30. The molecule has 0 aliphatic heterocycles. The van der Waals surface area contributed by atoms with Gasteiger partial charge in [-0.3, -0.25) is 4.79 Å². The van der Waals surface area contributed by atoms with Crippen LogP contribution in [0.1, 0.15) is 29.2 Å². The van der Waals surface area contributed by atoms with Gasteiger partial charge in [-0.05, 0) is 35.7 Å². The number of pyridine rings is 1. The van der Waals surface area contributed by atoms with Gasteiger partial charge in [0.2, 0.25) is 5.91 Å². The van der Waals surface area contributed by atoms with Gasteiger partial charge in [0.05, 0.1) is 10.7 Å². The predicted molar refractivity (Wildman–Crippen MR) is 116 cm³/mol. The van der Waals surface area contributed by atoms with E-state index in [0.29, 0.717) is 22.8 Å². The van der Waals surface area contributed by atoms with Crippen LogP contribution in [-0.2, 0) is 11.2 Å². The van der Waals surface area contributed by atoms with Crippen molar-refractivity contribution in [2.24, 2.45) is 0 Å². The number of nitrogens with zero attached hydrogens (tertiary/aromatic N) is 2. The molecule has 0 fully saturated rings. The number of rotatable bonds is 7. The number of carbonyl (C=O) groups is 1. The second kappa shape index (κ2) is 9.09. The first-order chi connectivity index (χ1) is 14.6. The number of aromatic nitrogens is 2. The van der Waals surface area contributed by atoms with Crippen LogP contribution >= 0.6 is 11.6 Å². The summed E-state index contributed by atoms with van der Waals surface area (Å²) in [6.07, 6.45) is 4.26. The van der Waals surface area contributed by atoms with Gasteiger partial charge in [0.25, 0.3) is 0 Å². The Bertz CT molecular complexity index is 1160. The Morgan fingerprint density at radius 3 is 2.63 bits per heavy atom. The highest BCUT2D eigenvalue weighted by atomic mass is 35.5. The average Bonchev–Trinajstić information content (AvgIpc) is 3.16. The molecule has 1 unspecified atom stereocenters. The Balaban J connectivity index is 1.57. The standard InChI is InChI=1S/C24H21ClFN3O/c25-18-10-11-23-28-15-22(29(23)16-18)20(19-8-4-5-9-21(19)26)14-24(30)27-13-12-17-6-2-1-3-7-17/h1-11,15-16,20H,12-14H2,(H,27,30). The summed E-state index contributed by atoms with van der Waals surface area (Å²) >= 11 is 6.16. The molecule has 0 aliphatic rings. The number of hydrogen-bond acceptors (Lipinski definition) is 2. The fourth-order valence-electron chi connectivity index (χ4n) is 3.61. The summed E-state index contributed by atoms with van der Waals surface area (Å²) in [4.78, 5) is 17.1. The molecule has 4 aromatic rings. The third-order valence-electron chi connectivity index (χ3n) is 5.10. The van der Waals surface area contributed by atoms with Gasteiger partial charge >= 0.3 is 0 Å². The molecule has 2 aromatic carbocycles. The first-order valence-electron chi connectivity index (χ1n) is 9.79. The number of imidazole rings is 1. The number of nitrogens with one attached hydrogen (secondary N) is 1. The monoisotopic (exact) mass is 421 g/mol. The molecule has 1 N–H and O–H groups in total. The van der Waals surface area contributed by atoms with Crippen molar-refractivity contribution in [3.8, 4) is 0 Å². The lowest BCUT2D eigenvalue weighted by Crippen LogP contribution is -2.28. The van der Waals surface area contributed by atoms with Crippen LogP contribution in [-0.4, -0.2) is 21.8 Å². The smallest absolute Gasteiger partial charge is 0.221 e. The Morgan fingerprint density at radius 1 is 1.07 bits per heavy atom. The van der Waals surface area contributed by atoms with E-state index in [4.69, 9.17) is 11.6 Å². The molecule has 0 bridgehead atoms. The van der Waals surface area contributed by atoms with Gasteiger partial charge in [-0.25, -0.2) is 9.37 Å². The summed E-state index contributed by atoms with van der Waals surface area (Å²) in [5, 5.41) is 3.50. The molecule has 0 aliphatic carbocycles. The van der Waals surface area contributed by atoms with Gasteiger partial charge in [-0.1, -0.05) is 60.1 Å². The molecule has 0 saturated carbocycles. The maximum absolute atomic E-state index is 14.6. The molecule has 0 saturated heterocycles. The topological polar surface area (TPSA) is 46.4 Å². The number of amides is 1. The fourth-order valence-corrected chi connectivity index (χ4v) is 3.77. The van der Waals surface area contributed by atoms with E-state index in [1.54, 1.807) is 42.7 Å². The summed E-state index contributed by atoms with van der Waals surface area (Å²) in [6, 6.07) is 20.0. The van der Waals surface area contributed by atoms with Crippen molar-refractivity contribution in [1.82, 2.24) is 14.7 Å². The summed E-state index contributed by atoms with van der Waals surface area (Å²) in [5.41, 5.74) is 3.02. The number of carbonyl (C=O) groups excluding carboxylic acids is 1. The highest BCUT2D eigenvalue weighted by Crippen LogP contribution is 2.31. The maximum Gasteiger partial charge on any atom is 0.221 e. The van der Waals surface area contributed by atoms with Crippen LogP contribution in [0.5, 0.6) is 0 Å². The van der Waals surface area contributed by atoms with E-state index in [9.17, 15) is 9.18 Å². The lowest BCUT2D eigenvalue weighted by atomic mass is 9.92. The molecule has 2 aromatic heterocycles. The molecule has 1 atom stereocenters. The minimum absolute atomic E-state index is 0.107. The second-order valence-corrected chi connectivity index (χ2v) is 7.56.